The van der Waals surface area contributed by atoms with E-state index in [0.29, 0.717) is 12.5 Å². The van der Waals surface area contributed by atoms with Crippen molar-refractivity contribution in [2.75, 3.05) is 20.4 Å². The van der Waals surface area contributed by atoms with E-state index in [1.807, 2.05) is 6.07 Å². The second-order valence-electron chi connectivity index (χ2n) is 6.39. The minimum absolute atomic E-state index is 0.180. The van der Waals surface area contributed by atoms with E-state index in [1.165, 1.54) is 16.0 Å². The molecule has 0 saturated carbocycles. The Labute approximate surface area is 139 Å². The standard InChI is InChI=1S/C19H17NO4/c1-22-19-14-9-20-5-4-12-7-17-18(24-10-23-17)8-13(12)15(20)6-11(14)2-3-16(19)21/h2-3,6-9,15,21H,4-5,10H2,1H3/p+1. The number of quaternary nitrogens is 1. The van der Waals surface area contributed by atoms with Crippen molar-refractivity contribution in [2.24, 2.45) is 0 Å². The van der Waals surface area contributed by atoms with Crippen LogP contribution >= 0.6 is 0 Å². The van der Waals surface area contributed by atoms with Crippen LogP contribution in [0.25, 0.3) is 12.3 Å². The minimum atomic E-state index is 0.180. The van der Waals surface area contributed by atoms with Gasteiger partial charge in [0, 0.05) is 12.0 Å². The van der Waals surface area contributed by atoms with Crippen molar-refractivity contribution in [3.63, 3.8) is 0 Å². The molecule has 3 aliphatic rings. The molecule has 0 amide bonds. The molecule has 5 heteroatoms. The second kappa shape index (κ2) is 4.92. The maximum Gasteiger partial charge on any atom is 0.231 e. The summed E-state index contributed by atoms with van der Waals surface area (Å²) in [5.41, 5.74) is 2.61. The first kappa shape index (κ1) is 13.7. The minimum Gasteiger partial charge on any atom is -0.504 e. The molecule has 0 bridgehead atoms. The van der Waals surface area contributed by atoms with Gasteiger partial charge in [0.25, 0.3) is 0 Å². The van der Waals surface area contributed by atoms with Crippen LogP contribution in [0.2, 0.25) is 0 Å². The highest BCUT2D eigenvalue weighted by Crippen LogP contribution is 2.37. The second-order valence-corrected chi connectivity index (χ2v) is 6.39. The summed E-state index contributed by atoms with van der Waals surface area (Å²) in [6, 6.07) is 8.12. The lowest BCUT2D eigenvalue weighted by molar-refractivity contribution is -0.844. The maximum absolute atomic E-state index is 10.0. The molecule has 2 aromatic rings. The Morgan fingerprint density at radius 3 is 2.88 bits per heavy atom. The zero-order valence-corrected chi connectivity index (χ0v) is 13.3. The third-order valence-corrected chi connectivity index (χ3v) is 5.14. The van der Waals surface area contributed by atoms with Crippen molar-refractivity contribution in [1.82, 2.24) is 0 Å². The molecule has 0 saturated heterocycles. The van der Waals surface area contributed by atoms with E-state index in [1.54, 1.807) is 13.2 Å². The van der Waals surface area contributed by atoms with Gasteiger partial charge in [-0.2, -0.15) is 0 Å². The SMILES string of the molecule is COc1c(O)ccc2c1=C[NH+]1CCc3cc4c(cc3C1C=2)OCO4. The molecule has 0 spiro atoms. The first-order chi connectivity index (χ1) is 11.7. The molecular formula is C19H18NO4+. The molecule has 2 atom stereocenters. The molecule has 3 aliphatic heterocycles. The van der Waals surface area contributed by atoms with E-state index in [9.17, 15) is 5.11 Å². The van der Waals surface area contributed by atoms with Crippen LogP contribution in [0.1, 0.15) is 17.2 Å². The van der Waals surface area contributed by atoms with Crippen LogP contribution < -0.4 is 29.5 Å². The molecule has 24 heavy (non-hydrogen) atoms. The van der Waals surface area contributed by atoms with Gasteiger partial charge in [-0.25, -0.2) is 0 Å². The molecule has 0 fully saturated rings. The van der Waals surface area contributed by atoms with Crippen LogP contribution in [0.3, 0.4) is 0 Å². The van der Waals surface area contributed by atoms with Crippen LogP contribution in [0.5, 0.6) is 23.0 Å². The van der Waals surface area contributed by atoms with Gasteiger partial charge in [0.1, 0.15) is 12.2 Å². The van der Waals surface area contributed by atoms with E-state index in [0.717, 1.165) is 34.9 Å². The van der Waals surface area contributed by atoms with Gasteiger partial charge in [-0.1, -0.05) is 6.07 Å². The predicted molar refractivity (Wildman–Crippen MR) is 87.7 cm³/mol. The van der Waals surface area contributed by atoms with Gasteiger partial charge in [-0.05, 0) is 35.1 Å². The van der Waals surface area contributed by atoms with Gasteiger partial charge < -0.3 is 19.3 Å². The Bertz CT molecular complexity index is 966. The van der Waals surface area contributed by atoms with Crippen molar-refractivity contribution in [2.45, 2.75) is 12.5 Å². The van der Waals surface area contributed by atoms with Gasteiger partial charge in [-0.3, -0.25) is 4.90 Å². The van der Waals surface area contributed by atoms with E-state index >= 15 is 0 Å². The summed E-state index contributed by atoms with van der Waals surface area (Å²) < 4.78 is 16.5. The number of aromatic hydroxyl groups is 1. The quantitative estimate of drug-likeness (QED) is 0.766. The molecule has 0 aliphatic carbocycles. The predicted octanol–water partition coefficient (Wildman–Crippen LogP) is -0.156. The number of fused-ring (bicyclic) bond motifs is 5. The molecule has 3 heterocycles. The number of hydrogen-bond acceptors (Lipinski definition) is 4. The van der Waals surface area contributed by atoms with Crippen molar-refractivity contribution in [1.29, 1.82) is 0 Å². The van der Waals surface area contributed by atoms with Gasteiger partial charge in [-0.15, -0.1) is 0 Å². The zero-order chi connectivity index (χ0) is 16.3. The van der Waals surface area contributed by atoms with E-state index in [2.05, 4.69) is 24.4 Å². The Morgan fingerprint density at radius 2 is 2.04 bits per heavy atom. The highest BCUT2D eigenvalue weighted by molar-refractivity contribution is 5.56. The summed E-state index contributed by atoms with van der Waals surface area (Å²) in [7, 11) is 1.59. The number of nitrogens with one attached hydrogen (secondary N) is 1. The molecule has 5 rings (SSSR count). The number of ether oxygens (including phenoxy) is 3. The molecule has 2 aromatic carbocycles. The normalized spacial score (nSPS) is 22.5. The topological polar surface area (TPSA) is 52.4 Å². The number of hydrogen-bond donors (Lipinski definition) is 2. The van der Waals surface area contributed by atoms with Crippen molar-refractivity contribution < 1.29 is 24.2 Å². The molecule has 5 nitrogen and oxygen atoms in total. The van der Waals surface area contributed by atoms with Gasteiger partial charge >= 0.3 is 0 Å². The monoisotopic (exact) mass is 324 g/mol. The fraction of sp³-hybridized carbons (Fsp3) is 0.263. The summed E-state index contributed by atoms with van der Waals surface area (Å²) in [6.07, 6.45) is 5.41. The van der Waals surface area contributed by atoms with Crippen LogP contribution in [0, 0.1) is 0 Å². The summed E-state index contributed by atoms with van der Waals surface area (Å²) in [6.45, 7) is 1.29. The van der Waals surface area contributed by atoms with Gasteiger partial charge in [0.2, 0.25) is 6.79 Å². The van der Waals surface area contributed by atoms with E-state index in [-0.39, 0.29) is 11.8 Å². The van der Waals surface area contributed by atoms with Crippen molar-refractivity contribution in [3.8, 4) is 23.0 Å². The Hall–Kier alpha value is -2.66. The maximum atomic E-state index is 10.0. The van der Waals surface area contributed by atoms with Crippen molar-refractivity contribution in [3.05, 3.63) is 45.8 Å². The lowest BCUT2D eigenvalue weighted by Gasteiger charge is -2.32. The Balaban J connectivity index is 1.70. The van der Waals surface area contributed by atoms with Crippen LogP contribution in [0.4, 0.5) is 0 Å². The number of rotatable bonds is 1. The zero-order valence-electron chi connectivity index (χ0n) is 13.3. The number of phenols is 1. The van der Waals surface area contributed by atoms with Crippen LogP contribution in [-0.2, 0) is 6.42 Å². The average Bonchev–Trinajstić information content (AvgIpc) is 3.05. The number of methoxy groups -OCH3 is 1. The summed E-state index contributed by atoms with van der Waals surface area (Å²) in [5.74, 6) is 2.41. The largest absolute Gasteiger partial charge is 0.504 e. The van der Waals surface area contributed by atoms with E-state index < -0.39 is 0 Å². The molecule has 122 valence electrons. The smallest absolute Gasteiger partial charge is 0.231 e. The molecular weight excluding hydrogens is 306 g/mol. The summed E-state index contributed by atoms with van der Waals surface area (Å²) >= 11 is 0. The fourth-order valence-electron chi connectivity index (χ4n) is 3.98. The molecule has 0 radical (unpaired) electrons. The van der Waals surface area contributed by atoms with Crippen LogP contribution in [-0.4, -0.2) is 25.6 Å². The number of phenolic OH excluding ortho intramolecular Hbond substituents is 1. The third kappa shape index (κ3) is 1.85. The fourth-order valence-corrected chi connectivity index (χ4v) is 3.98. The Morgan fingerprint density at radius 1 is 1.21 bits per heavy atom. The lowest BCUT2D eigenvalue weighted by Crippen LogP contribution is -3.09. The highest BCUT2D eigenvalue weighted by atomic mass is 16.7. The third-order valence-electron chi connectivity index (χ3n) is 5.14. The summed E-state index contributed by atoms with van der Waals surface area (Å²) in [4.78, 5) is 1.35. The highest BCUT2D eigenvalue weighted by Gasteiger charge is 2.33. The average molecular weight is 324 g/mol. The molecule has 2 N–H and O–H groups in total. The first-order valence-corrected chi connectivity index (χ1v) is 8.12. The first-order valence-electron chi connectivity index (χ1n) is 8.12. The number of benzene rings is 2. The summed E-state index contributed by atoms with van der Waals surface area (Å²) in [5, 5.41) is 12.1. The van der Waals surface area contributed by atoms with Gasteiger partial charge in [0.05, 0.1) is 18.9 Å². The van der Waals surface area contributed by atoms with Crippen molar-refractivity contribution >= 4 is 12.3 Å². The van der Waals surface area contributed by atoms with Crippen LogP contribution in [0.15, 0.2) is 24.3 Å². The Kier molecular flexibility index (Phi) is 2.82. The molecule has 0 aromatic heterocycles. The van der Waals surface area contributed by atoms with E-state index in [4.69, 9.17) is 14.2 Å². The van der Waals surface area contributed by atoms with Gasteiger partial charge in [0.15, 0.2) is 23.0 Å². The molecule has 2 unspecified atom stereocenters. The lowest BCUT2D eigenvalue weighted by atomic mass is 9.90.